The lowest BCUT2D eigenvalue weighted by Gasteiger charge is -2.08. The summed E-state index contributed by atoms with van der Waals surface area (Å²) in [5.74, 6) is 0.474. The second-order valence-corrected chi connectivity index (χ2v) is 6.40. The average molecular weight is 372 g/mol. The van der Waals surface area contributed by atoms with E-state index in [1.165, 1.54) is 6.21 Å². The minimum absolute atomic E-state index is 0.0533. The van der Waals surface area contributed by atoms with E-state index in [0.29, 0.717) is 11.5 Å². The number of benzene rings is 1. The molecule has 7 heteroatoms. The molecule has 0 unspecified atom stereocenters. The van der Waals surface area contributed by atoms with Gasteiger partial charge in [-0.3, -0.25) is 5.41 Å². The monoisotopic (exact) mass is 371 g/mol. The molecular weight excluding hydrogens is 350 g/mol. The van der Waals surface area contributed by atoms with Crippen molar-refractivity contribution < 1.29 is 5.11 Å². The molecule has 0 radical (unpaired) electrons. The van der Waals surface area contributed by atoms with Crippen molar-refractivity contribution in [2.24, 2.45) is 4.99 Å². The molecule has 2 aromatic rings. The van der Waals surface area contributed by atoms with Gasteiger partial charge in [-0.2, -0.15) is 0 Å². The molecule has 0 bridgehead atoms. The number of aliphatic hydroxyl groups is 1. The first kappa shape index (κ1) is 19.6. The third kappa shape index (κ3) is 4.89. The van der Waals surface area contributed by atoms with E-state index in [4.69, 9.17) is 17.0 Å². The molecule has 0 fully saturated rings. The number of halogens is 1. The largest absolute Gasteiger partial charge is 0.506 e. The molecule has 0 saturated carbocycles. The third-order valence-corrected chi connectivity index (χ3v) is 3.90. The van der Waals surface area contributed by atoms with Gasteiger partial charge in [0, 0.05) is 17.2 Å². The normalized spacial score (nSPS) is 13.2. The van der Waals surface area contributed by atoms with Crippen LogP contribution in [0.3, 0.4) is 0 Å². The topological polar surface area (TPSA) is 94.3 Å². The van der Waals surface area contributed by atoms with Crippen molar-refractivity contribution in [1.82, 2.24) is 9.97 Å². The molecule has 3 N–H and O–H groups in total. The zero-order valence-corrected chi connectivity index (χ0v) is 16.0. The van der Waals surface area contributed by atoms with Crippen molar-refractivity contribution in [3.05, 3.63) is 51.9 Å². The Morgan fingerprint density at radius 1 is 1.35 bits per heavy atom. The SMILES string of the molecule is C/C=C(C=NC(=N)CNc1nc(C)c2cc(C)ccc2n1)\C(O)=C(/C)Cl. The van der Waals surface area contributed by atoms with Crippen LogP contribution in [0.2, 0.25) is 0 Å². The zero-order valence-electron chi connectivity index (χ0n) is 15.3. The van der Waals surface area contributed by atoms with Crippen molar-refractivity contribution in [2.45, 2.75) is 27.7 Å². The molecule has 0 aliphatic carbocycles. The minimum Gasteiger partial charge on any atom is -0.506 e. The maximum atomic E-state index is 9.84. The molecule has 0 aliphatic heterocycles. The summed E-state index contributed by atoms with van der Waals surface area (Å²) in [7, 11) is 0. The smallest absolute Gasteiger partial charge is 0.223 e. The van der Waals surface area contributed by atoms with Crippen LogP contribution in [-0.4, -0.2) is 33.7 Å². The Kier molecular flexibility index (Phi) is 6.46. The quantitative estimate of drug-likeness (QED) is 0.308. The lowest BCUT2D eigenvalue weighted by Crippen LogP contribution is -2.14. The first-order valence-electron chi connectivity index (χ1n) is 8.14. The summed E-state index contributed by atoms with van der Waals surface area (Å²) in [4.78, 5) is 12.9. The van der Waals surface area contributed by atoms with E-state index < -0.39 is 0 Å². The fourth-order valence-corrected chi connectivity index (χ4v) is 2.41. The van der Waals surface area contributed by atoms with Crippen LogP contribution in [0.15, 0.2) is 45.6 Å². The van der Waals surface area contributed by atoms with E-state index >= 15 is 0 Å². The van der Waals surface area contributed by atoms with E-state index in [1.54, 1.807) is 19.9 Å². The summed E-state index contributed by atoms with van der Waals surface area (Å²) in [6, 6.07) is 6.01. The van der Waals surface area contributed by atoms with E-state index in [-0.39, 0.29) is 23.2 Å². The molecule has 0 atom stereocenters. The van der Waals surface area contributed by atoms with Crippen molar-refractivity contribution in [3.8, 4) is 0 Å². The predicted molar refractivity (Wildman–Crippen MR) is 109 cm³/mol. The molecule has 1 heterocycles. The maximum Gasteiger partial charge on any atom is 0.223 e. The number of allylic oxidation sites excluding steroid dienone is 3. The van der Waals surface area contributed by atoms with Gasteiger partial charge in [0.05, 0.1) is 22.8 Å². The summed E-state index contributed by atoms with van der Waals surface area (Å²) in [5, 5.41) is 22.1. The molecular formula is C19H22ClN5O. The van der Waals surface area contributed by atoms with Gasteiger partial charge < -0.3 is 10.4 Å². The van der Waals surface area contributed by atoms with Gasteiger partial charge in [0.15, 0.2) is 0 Å². The highest BCUT2D eigenvalue weighted by Gasteiger charge is 2.06. The van der Waals surface area contributed by atoms with Crippen LogP contribution in [0.1, 0.15) is 25.1 Å². The molecule has 1 aromatic heterocycles. The number of hydrogen-bond donors (Lipinski definition) is 3. The number of aliphatic hydroxyl groups excluding tert-OH is 1. The molecule has 0 amide bonds. The number of aromatic nitrogens is 2. The van der Waals surface area contributed by atoms with Crippen LogP contribution in [0.25, 0.3) is 10.9 Å². The summed E-state index contributed by atoms with van der Waals surface area (Å²) < 4.78 is 0. The van der Waals surface area contributed by atoms with Gasteiger partial charge in [-0.25, -0.2) is 15.0 Å². The second-order valence-electron chi connectivity index (χ2n) is 5.84. The zero-order chi connectivity index (χ0) is 19.3. The average Bonchev–Trinajstić information content (AvgIpc) is 2.60. The Balaban J connectivity index is 2.08. The summed E-state index contributed by atoms with van der Waals surface area (Å²) in [6.07, 6.45) is 3.07. The number of hydrogen-bond acceptors (Lipinski definition) is 5. The van der Waals surface area contributed by atoms with E-state index in [9.17, 15) is 5.11 Å². The molecule has 2 rings (SSSR count). The minimum atomic E-state index is -0.0533. The lowest BCUT2D eigenvalue weighted by atomic mass is 10.1. The second kappa shape index (κ2) is 8.58. The molecule has 1 aromatic carbocycles. The Morgan fingerprint density at radius 3 is 2.73 bits per heavy atom. The number of nitrogens with one attached hydrogen (secondary N) is 2. The molecule has 26 heavy (non-hydrogen) atoms. The van der Waals surface area contributed by atoms with Crippen molar-refractivity contribution >= 4 is 40.5 Å². The Labute approximate surface area is 157 Å². The van der Waals surface area contributed by atoms with Gasteiger partial charge in [-0.15, -0.1) is 0 Å². The van der Waals surface area contributed by atoms with Crippen molar-refractivity contribution in [2.75, 3.05) is 11.9 Å². The number of nitrogens with zero attached hydrogens (tertiary/aromatic N) is 3. The van der Waals surface area contributed by atoms with Crippen LogP contribution in [0, 0.1) is 19.3 Å². The summed E-state index contributed by atoms with van der Waals surface area (Å²) >= 11 is 5.78. The molecule has 136 valence electrons. The first-order chi connectivity index (χ1) is 12.3. The van der Waals surface area contributed by atoms with E-state index in [1.807, 2.05) is 26.0 Å². The van der Waals surface area contributed by atoms with E-state index in [2.05, 4.69) is 26.3 Å². The van der Waals surface area contributed by atoms with Gasteiger partial charge >= 0.3 is 0 Å². The number of anilines is 1. The first-order valence-corrected chi connectivity index (χ1v) is 8.52. The predicted octanol–water partition coefficient (Wildman–Crippen LogP) is 4.68. The summed E-state index contributed by atoms with van der Waals surface area (Å²) in [6.45, 7) is 7.46. The van der Waals surface area contributed by atoms with Gasteiger partial charge in [0.2, 0.25) is 5.95 Å². The summed E-state index contributed by atoms with van der Waals surface area (Å²) in [5.41, 5.74) is 3.34. The van der Waals surface area contributed by atoms with Crippen LogP contribution in [0.4, 0.5) is 5.95 Å². The van der Waals surface area contributed by atoms with Crippen molar-refractivity contribution in [1.29, 1.82) is 5.41 Å². The van der Waals surface area contributed by atoms with Crippen LogP contribution < -0.4 is 5.32 Å². The third-order valence-electron chi connectivity index (χ3n) is 3.73. The van der Waals surface area contributed by atoms with Crippen LogP contribution >= 0.6 is 11.6 Å². The van der Waals surface area contributed by atoms with E-state index in [0.717, 1.165) is 22.2 Å². The molecule has 0 saturated heterocycles. The maximum absolute atomic E-state index is 9.84. The molecule has 0 spiro atoms. The number of aliphatic imine (C=N–C) groups is 1. The number of aryl methyl sites for hydroxylation is 2. The Bertz CT molecular complexity index is 927. The van der Waals surface area contributed by atoms with Gasteiger partial charge in [-0.05, 0) is 39.8 Å². The highest BCUT2D eigenvalue weighted by Crippen LogP contribution is 2.18. The lowest BCUT2D eigenvalue weighted by molar-refractivity contribution is 0.425. The fourth-order valence-electron chi connectivity index (χ4n) is 2.30. The fraction of sp³-hybridized carbons (Fsp3) is 0.263. The Morgan fingerprint density at radius 2 is 2.08 bits per heavy atom. The highest BCUT2D eigenvalue weighted by atomic mass is 35.5. The van der Waals surface area contributed by atoms with Gasteiger partial charge in [0.1, 0.15) is 11.6 Å². The standard InChI is InChI=1S/C19H22ClN5O/c1-5-14(18(26)12(3)20)9-22-17(21)10-23-19-24-13(4)15-8-11(2)6-7-16(15)25-19/h5-9,21,26H,10H2,1-4H3,(H,23,24,25)/b14-5-,18-12-,21-17?,22-9?. The number of amidine groups is 1. The number of fused-ring (bicyclic) bond motifs is 1. The number of rotatable bonds is 5. The van der Waals surface area contributed by atoms with Gasteiger partial charge in [0.25, 0.3) is 0 Å². The molecule has 0 aliphatic rings. The van der Waals surface area contributed by atoms with Gasteiger partial charge in [-0.1, -0.05) is 29.3 Å². The Hall–Kier alpha value is -2.73. The van der Waals surface area contributed by atoms with Crippen LogP contribution in [-0.2, 0) is 0 Å². The van der Waals surface area contributed by atoms with Crippen molar-refractivity contribution in [3.63, 3.8) is 0 Å². The van der Waals surface area contributed by atoms with Crippen LogP contribution in [0.5, 0.6) is 0 Å². The molecule has 6 nitrogen and oxygen atoms in total. The highest BCUT2D eigenvalue weighted by molar-refractivity contribution is 6.30.